The van der Waals surface area contributed by atoms with Crippen molar-refractivity contribution < 1.29 is 18.7 Å². The molecule has 0 aliphatic heterocycles. The maximum atomic E-state index is 13.7. The fourth-order valence-electron chi connectivity index (χ4n) is 1.93. The number of nitrogens with zero attached hydrogens (tertiary/aromatic N) is 1. The molecular weight excluding hydrogens is 300 g/mol. The van der Waals surface area contributed by atoms with Crippen molar-refractivity contribution in [1.29, 1.82) is 0 Å². The number of benzene rings is 2. The lowest BCUT2D eigenvalue weighted by molar-refractivity contribution is -0.135. The van der Waals surface area contributed by atoms with Crippen LogP contribution in [0.5, 0.6) is 0 Å². The third-order valence-corrected chi connectivity index (χ3v) is 3.11. The molecule has 0 aromatic heterocycles. The van der Waals surface area contributed by atoms with E-state index in [9.17, 15) is 13.6 Å². The minimum atomic E-state index is -1.06. The Morgan fingerprint density at radius 2 is 1.95 bits per heavy atom. The minimum Gasteiger partial charge on any atom is -0.480 e. The Hall–Kier alpha value is -2.14. The molecule has 0 atom stereocenters. The molecule has 0 fully saturated rings. The third-order valence-electron chi connectivity index (χ3n) is 2.88. The van der Waals surface area contributed by atoms with E-state index < -0.39 is 17.6 Å². The van der Waals surface area contributed by atoms with Gasteiger partial charge in [-0.25, -0.2) is 8.78 Å². The van der Waals surface area contributed by atoms with Gasteiger partial charge in [0.15, 0.2) is 0 Å². The van der Waals surface area contributed by atoms with Crippen molar-refractivity contribution in [2.45, 2.75) is 6.54 Å². The highest BCUT2D eigenvalue weighted by atomic mass is 35.5. The summed E-state index contributed by atoms with van der Waals surface area (Å²) >= 11 is 5.88. The molecule has 0 amide bonds. The lowest BCUT2D eigenvalue weighted by Crippen LogP contribution is -2.29. The van der Waals surface area contributed by atoms with Crippen molar-refractivity contribution in [3.05, 3.63) is 64.7 Å². The van der Waals surface area contributed by atoms with E-state index in [1.807, 2.05) is 0 Å². The number of hydrogen-bond donors (Lipinski definition) is 1. The Labute approximate surface area is 125 Å². The number of carbonyl (C=O) groups is 1. The van der Waals surface area contributed by atoms with Crippen LogP contribution >= 0.6 is 11.6 Å². The zero-order valence-corrected chi connectivity index (χ0v) is 11.6. The molecule has 0 aliphatic carbocycles. The van der Waals surface area contributed by atoms with Crippen molar-refractivity contribution in [2.24, 2.45) is 0 Å². The lowest BCUT2D eigenvalue weighted by atomic mass is 10.1. The Morgan fingerprint density at radius 3 is 2.57 bits per heavy atom. The molecule has 6 heteroatoms. The van der Waals surface area contributed by atoms with E-state index in [0.29, 0.717) is 10.7 Å². The van der Waals surface area contributed by atoms with E-state index in [1.54, 1.807) is 24.3 Å². The smallest absolute Gasteiger partial charge is 0.323 e. The zero-order valence-electron chi connectivity index (χ0n) is 10.9. The molecule has 2 rings (SSSR count). The van der Waals surface area contributed by atoms with Crippen LogP contribution in [0.4, 0.5) is 14.5 Å². The van der Waals surface area contributed by atoms with Crippen LogP contribution in [-0.4, -0.2) is 17.6 Å². The van der Waals surface area contributed by atoms with Crippen LogP contribution in [0.25, 0.3) is 0 Å². The largest absolute Gasteiger partial charge is 0.480 e. The van der Waals surface area contributed by atoms with Crippen molar-refractivity contribution in [2.75, 3.05) is 11.4 Å². The Bertz CT molecular complexity index is 664. The number of aliphatic carboxylic acids is 1. The Morgan fingerprint density at radius 1 is 1.19 bits per heavy atom. The summed E-state index contributed by atoms with van der Waals surface area (Å²) < 4.78 is 26.6. The molecule has 0 radical (unpaired) electrons. The first-order valence-corrected chi connectivity index (χ1v) is 6.50. The molecular formula is C15H12ClF2NO2. The molecule has 21 heavy (non-hydrogen) atoms. The van der Waals surface area contributed by atoms with Gasteiger partial charge in [-0.05, 0) is 24.3 Å². The van der Waals surface area contributed by atoms with Crippen LogP contribution in [0.15, 0.2) is 42.5 Å². The summed E-state index contributed by atoms with van der Waals surface area (Å²) in [5, 5.41) is 9.42. The maximum Gasteiger partial charge on any atom is 0.323 e. The average molecular weight is 312 g/mol. The van der Waals surface area contributed by atoms with Crippen LogP contribution in [0.1, 0.15) is 5.56 Å². The predicted octanol–water partition coefficient (Wildman–Crippen LogP) is 3.71. The summed E-state index contributed by atoms with van der Waals surface area (Å²) in [5.74, 6) is -2.45. The molecule has 0 heterocycles. The first-order valence-electron chi connectivity index (χ1n) is 6.12. The Kier molecular flexibility index (Phi) is 4.75. The highest BCUT2D eigenvalue weighted by Gasteiger charge is 2.14. The predicted molar refractivity (Wildman–Crippen MR) is 76.5 cm³/mol. The van der Waals surface area contributed by atoms with Gasteiger partial charge in [-0.1, -0.05) is 23.7 Å². The van der Waals surface area contributed by atoms with Gasteiger partial charge in [-0.3, -0.25) is 4.79 Å². The molecule has 0 unspecified atom stereocenters. The maximum absolute atomic E-state index is 13.7. The number of carboxylic acid groups (broad SMARTS) is 1. The standard InChI is InChI=1S/C15H12ClF2NO2/c16-11-2-1-3-13(6-11)19(9-15(20)21)8-10-4-5-12(17)7-14(10)18/h1-7H,8-9H2,(H,20,21). The first-order chi connectivity index (χ1) is 9.95. The van der Waals surface area contributed by atoms with E-state index >= 15 is 0 Å². The van der Waals surface area contributed by atoms with E-state index in [-0.39, 0.29) is 18.7 Å². The van der Waals surface area contributed by atoms with E-state index in [4.69, 9.17) is 16.7 Å². The molecule has 0 aliphatic rings. The second kappa shape index (κ2) is 6.54. The second-order valence-corrected chi connectivity index (χ2v) is 4.90. The minimum absolute atomic E-state index is 0.00123. The molecule has 0 bridgehead atoms. The highest BCUT2D eigenvalue weighted by molar-refractivity contribution is 6.30. The summed E-state index contributed by atoms with van der Waals surface area (Å²) in [6.07, 6.45) is 0. The molecule has 3 nitrogen and oxygen atoms in total. The fraction of sp³-hybridized carbons (Fsp3) is 0.133. The number of halogens is 3. The first kappa shape index (κ1) is 15.3. The van der Waals surface area contributed by atoms with Crippen LogP contribution in [0, 0.1) is 11.6 Å². The molecule has 1 N–H and O–H groups in total. The Balaban J connectivity index is 2.30. The molecule has 110 valence electrons. The lowest BCUT2D eigenvalue weighted by Gasteiger charge is -2.23. The van der Waals surface area contributed by atoms with E-state index in [0.717, 1.165) is 12.1 Å². The second-order valence-electron chi connectivity index (χ2n) is 4.47. The SMILES string of the molecule is O=C(O)CN(Cc1ccc(F)cc1F)c1cccc(Cl)c1. The van der Waals surface area contributed by atoms with Gasteiger partial charge in [0, 0.05) is 28.9 Å². The number of hydrogen-bond acceptors (Lipinski definition) is 2. The summed E-state index contributed by atoms with van der Waals surface area (Å²) in [6.45, 7) is -0.323. The van der Waals surface area contributed by atoms with Gasteiger partial charge in [0.2, 0.25) is 0 Å². The van der Waals surface area contributed by atoms with Crippen molar-refractivity contribution in [1.82, 2.24) is 0 Å². The van der Waals surface area contributed by atoms with Gasteiger partial charge in [-0.15, -0.1) is 0 Å². The number of anilines is 1. The number of carboxylic acids is 1. The summed E-state index contributed by atoms with van der Waals surface area (Å²) in [4.78, 5) is 12.4. The molecule has 2 aromatic rings. The topological polar surface area (TPSA) is 40.5 Å². The van der Waals surface area contributed by atoms with Crippen LogP contribution in [0.3, 0.4) is 0 Å². The van der Waals surface area contributed by atoms with Gasteiger partial charge < -0.3 is 10.0 Å². The van der Waals surface area contributed by atoms with E-state index in [2.05, 4.69) is 0 Å². The zero-order chi connectivity index (χ0) is 15.4. The third kappa shape index (κ3) is 4.16. The molecule has 0 saturated carbocycles. The van der Waals surface area contributed by atoms with Crippen LogP contribution in [-0.2, 0) is 11.3 Å². The number of rotatable bonds is 5. The van der Waals surface area contributed by atoms with E-state index in [1.165, 1.54) is 11.0 Å². The monoisotopic (exact) mass is 311 g/mol. The van der Waals surface area contributed by atoms with Gasteiger partial charge in [-0.2, -0.15) is 0 Å². The normalized spacial score (nSPS) is 10.4. The van der Waals surface area contributed by atoms with Crippen molar-refractivity contribution in [3.8, 4) is 0 Å². The van der Waals surface area contributed by atoms with Crippen molar-refractivity contribution in [3.63, 3.8) is 0 Å². The van der Waals surface area contributed by atoms with Gasteiger partial charge >= 0.3 is 5.97 Å². The van der Waals surface area contributed by atoms with Gasteiger partial charge in [0.05, 0.1) is 0 Å². The molecule has 2 aromatic carbocycles. The fourth-order valence-corrected chi connectivity index (χ4v) is 2.11. The van der Waals surface area contributed by atoms with Gasteiger partial charge in [0.25, 0.3) is 0 Å². The van der Waals surface area contributed by atoms with Crippen molar-refractivity contribution >= 4 is 23.3 Å². The summed E-state index contributed by atoms with van der Waals surface area (Å²) in [7, 11) is 0. The van der Waals surface area contributed by atoms with Crippen LogP contribution < -0.4 is 4.90 Å². The van der Waals surface area contributed by atoms with Crippen LogP contribution in [0.2, 0.25) is 5.02 Å². The summed E-state index contributed by atoms with van der Waals surface area (Å²) in [5.41, 5.74) is 0.756. The summed E-state index contributed by atoms with van der Waals surface area (Å²) in [6, 6.07) is 9.80. The average Bonchev–Trinajstić information content (AvgIpc) is 2.40. The highest BCUT2D eigenvalue weighted by Crippen LogP contribution is 2.22. The van der Waals surface area contributed by atoms with Gasteiger partial charge in [0.1, 0.15) is 18.2 Å². The molecule has 0 spiro atoms. The quantitative estimate of drug-likeness (QED) is 0.915. The molecule has 0 saturated heterocycles.